The van der Waals surface area contributed by atoms with Crippen LogP contribution in [0.3, 0.4) is 0 Å². The predicted molar refractivity (Wildman–Crippen MR) is 107 cm³/mol. The van der Waals surface area contributed by atoms with Gasteiger partial charge in [0.25, 0.3) is 0 Å². The fourth-order valence-electron chi connectivity index (χ4n) is 2.88. The van der Waals surface area contributed by atoms with Crippen molar-refractivity contribution in [3.8, 4) is 17.3 Å². The van der Waals surface area contributed by atoms with Crippen molar-refractivity contribution < 1.29 is 22.3 Å². The van der Waals surface area contributed by atoms with Crippen LogP contribution in [0.2, 0.25) is 0 Å². The van der Waals surface area contributed by atoms with Crippen LogP contribution in [0.5, 0.6) is 0 Å². The highest BCUT2D eigenvalue weighted by molar-refractivity contribution is 7.90. The average molecular weight is 431 g/mol. The van der Waals surface area contributed by atoms with Gasteiger partial charge >= 0.3 is 6.09 Å². The standard InChI is InChI=1S/C19H18FN5O4S/c1-12(24-11-21)22-9-15-10-25(19(26)29-15)14-4-5-16(17(20)7-14)13-3-6-18(23-8-13)30(2,27)28/h3-8,15H,9-10H2,1-2H3,(H,22,24)/t15-/m0/s1. The number of ether oxygens (including phenoxy) is 1. The van der Waals surface area contributed by atoms with Crippen LogP contribution in [0.25, 0.3) is 11.1 Å². The number of cyclic esters (lactones) is 1. The van der Waals surface area contributed by atoms with Crippen LogP contribution in [0, 0.1) is 17.3 Å². The number of carbonyl (C=O) groups excluding carboxylic acids is 1. The van der Waals surface area contributed by atoms with Crippen molar-refractivity contribution in [1.82, 2.24) is 10.3 Å². The molecule has 1 aromatic heterocycles. The fourth-order valence-corrected chi connectivity index (χ4v) is 3.44. The summed E-state index contributed by atoms with van der Waals surface area (Å²) in [6.07, 6.45) is 2.88. The highest BCUT2D eigenvalue weighted by Crippen LogP contribution is 2.29. The lowest BCUT2D eigenvalue weighted by molar-refractivity contribution is 0.143. The average Bonchev–Trinajstić information content (AvgIpc) is 3.07. The van der Waals surface area contributed by atoms with Gasteiger partial charge in [-0.15, -0.1) is 0 Å². The van der Waals surface area contributed by atoms with E-state index in [0.717, 1.165) is 6.26 Å². The zero-order valence-electron chi connectivity index (χ0n) is 16.2. The summed E-state index contributed by atoms with van der Waals surface area (Å²) >= 11 is 0. The van der Waals surface area contributed by atoms with Crippen LogP contribution >= 0.6 is 0 Å². The molecule has 0 spiro atoms. The second-order valence-electron chi connectivity index (χ2n) is 6.62. The number of carbonyl (C=O) groups is 1. The molecule has 9 nitrogen and oxygen atoms in total. The largest absolute Gasteiger partial charge is 0.442 e. The minimum atomic E-state index is -3.45. The minimum absolute atomic E-state index is 0.0993. The number of nitriles is 1. The van der Waals surface area contributed by atoms with Crippen molar-refractivity contribution >= 4 is 27.5 Å². The molecule has 1 atom stereocenters. The molecule has 1 fully saturated rings. The van der Waals surface area contributed by atoms with E-state index in [1.807, 2.05) is 0 Å². The maximum Gasteiger partial charge on any atom is 0.414 e. The van der Waals surface area contributed by atoms with E-state index in [9.17, 15) is 17.6 Å². The van der Waals surface area contributed by atoms with Crippen LogP contribution in [0.4, 0.5) is 14.9 Å². The summed E-state index contributed by atoms with van der Waals surface area (Å²) < 4.78 is 43.0. The minimum Gasteiger partial charge on any atom is -0.442 e. The van der Waals surface area contributed by atoms with E-state index in [-0.39, 0.29) is 23.7 Å². The predicted octanol–water partition coefficient (Wildman–Crippen LogP) is 2.11. The van der Waals surface area contributed by atoms with Gasteiger partial charge in [0.1, 0.15) is 17.8 Å². The van der Waals surface area contributed by atoms with E-state index in [0.29, 0.717) is 17.1 Å². The summed E-state index contributed by atoms with van der Waals surface area (Å²) in [6, 6.07) is 7.05. The maximum absolute atomic E-state index is 14.7. The van der Waals surface area contributed by atoms with Crippen molar-refractivity contribution in [2.75, 3.05) is 24.2 Å². The van der Waals surface area contributed by atoms with Gasteiger partial charge in [0.05, 0.1) is 18.8 Å². The number of pyridine rings is 1. The molecular formula is C19H18FN5O4S. The number of hydrogen-bond donors (Lipinski definition) is 1. The summed E-state index contributed by atoms with van der Waals surface area (Å²) in [4.78, 5) is 20.8. The molecule has 0 radical (unpaired) electrons. The second-order valence-corrected chi connectivity index (χ2v) is 8.58. The molecule has 2 heterocycles. The topological polar surface area (TPSA) is 125 Å². The smallest absolute Gasteiger partial charge is 0.414 e. The molecule has 156 valence electrons. The maximum atomic E-state index is 14.7. The van der Waals surface area contributed by atoms with Crippen LogP contribution in [0.15, 0.2) is 46.5 Å². The van der Waals surface area contributed by atoms with Gasteiger partial charge in [-0.05, 0) is 37.3 Å². The summed E-state index contributed by atoms with van der Waals surface area (Å²) in [5.41, 5.74) is 0.956. The van der Waals surface area contributed by atoms with E-state index in [2.05, 4.69) is 15.3 Å². The van der Waals surface area contributed by atoms with Gasteiger partial charge in [0.2, 0.25) is 6.19 Å². The molecule has 1 aliphatic rings. The molecule has 1 saturated heterocycles. The molecule has 1 amide bonds. The number of aromatic nitrogens is 1. The van der Waals surface area contributed by atoms with Gasteiger partial charge < -0.3 is 10.1 Å². The van der Waals surface area contributed by atoms with Crippen LogP contribution in [-0.4, -0.2) is 50.8 Å². The number of rotatable bonds is 5. The summed E-state index contributed by atoms with van der Waals surface area (Å²) in [5, 5.41) is 11.3. The Morgan fingerprint density at radius 3 is 2.80 bits per heavy atom. The lowest BCUT2D eigenvalue weighted by Gasteiger charge is -2.14. The first-order valence-electron chi connectivity index (χ1n) is 8.80. The van der Waals surface area contributed by atoms with E-state index in [1.165, 1.54) is 35.4 Å². The number of nitrogens with one attached hydrogen (secondary N) is 1. The molecule has 30 heavy (non-hydrogen) atoms. The number of benzene rings is 1. The quantitative estimate of drug-likeness (QED) is 0.437. The van der Waals surface area contributed by atoms with Gasteiger partial charge in [-0.3, -0.25) is 4.90 Å². The first-order valence-corrected chi connectivity index (χ1v) is 10.7. The van der Waals surface area contributed by atoms with Crippen LogP contribution in [-0.2, 0) is 14.6 Å². The zero-order valence-corrected chi connectivity index (χ0v) is 17.0. The molecule has 0 bridgehead atoms. The van der Waals surface area contributed by atoms with Crippen molar-refractivity contribution in [2.24, 2.45) is 4.99 Å². The Labute approximate surface area is 172 Å². The van der Waals surface area contributed by atoms with Crippen LogP contribution in [0.1, 0.15) is 6.92 Å². The molecular weight excluding hydrogens is 413 g/mol. The highest BCUT2D eigenvalue weighted by Gasteiger charge is 2.32. The summed E-state index contributed by atoms with van der Waals surface area (Å²) in [5.74, 6) is -0.189. The zero-order chi connectivity index (χ0) is 21.9. The number of halogens is 1. The Morgan fingerprint density at radius 2 is 2.20 bits per heavy atom. The third-order valence-corrected chi connectivity index (χ3v) is 5.37. The molecule has 1 N–H and O–H groups in total. The molecule has 11 heteroatoms. The molecule has 2 aromatic rings. The number of nitrogens with zero attached hydrogens (tertiary/aromatic N) is 4. The number of aliphatic imine (C=N–C) groups is 1. The molecule has 0 aliphatic carbocycles. The lowest BCUT2D eigenvalue weighted by atomic mass is 10.1. The second kappa shape index (κ2) is 8.46. The normalized spacial score (nSPS) is 16.9. The summed E-state index contributed by atoms with van der Waals surface area (Å²) in [7, 11) is -3.45. The van der Waals surface area contributed by atoms with Gasteiger partial charge in [-0.1, -0.05) is 0 Å². The molecule has 1 aromatic carbocycles. The SMILES string of the molecule is C/C(=N\C#N)NC[C@H]1CN(c2ccc(-c3ccc(S(C)(=O)=O)nc3)c(F)c2)C(=O)O1. The first kappa shape index (κ1) is 21.2. The number of amides is 1. The number of amidine groups is 1. The van der Waals surface area contributed by atoms with E-state index in [4.69, 9.17) is 10.00 Å². The number of anilines is 1. The van der Waals surface area contributed by atoms with Gasteiger partial charge in [0, 0.05) is 23.6 Å². The highest BCUT2D eigenvalue weighted by atomic mass is 32.2. The molecule has 0 unspecified atom stereocenters. The number of hydrogen-bond acceptors (Lipinski definition) is 7. The Morgan fingerprint density at radius 1 is 1.43 bits per heavy atom. The Balaban J connectivity index is 1.74. The van der Waals surface area contributed by atoms with Gasteiger partial charge in [0.15, 0.2) is 14.9 Å². The van der Waals surface area contributed by atoms with E-state index < -0.39 is 27.9 Å². The third-order valence-electron chi connectivity index (χ3n) is 4.37. The van der Waals surface area contributed by atoms with E-state index in [1.54, 1.807) is 19.2 Å². The van der Waals surface area contributed by atoms with Crippen LogP contribution < -0.4 is 10.2 Å². The Kier molecular flexibility index (Phi) is 5.98. The van der Waals surface area contributed by atoms with Crippen molar-refractivity contribution in [2.45, 2.75) is 18.1 Å². The molecule has 0 saturated carbocycles. The third kappa shape index (κ3) is 4.72. The fraction of sp³-hybridized carbons (Fsp3) is 0.263. The van der Waals surface area contributed by atoms with Gasteiger partial charge in [-0.2, -0.15) is 10.3 Å². The molecule has 3 rings (SSSR count). The van der Waals surface area contributed by atoms with E-state index >= 15 is 0 Å². The number of sulfone groups is 1. The van der Waals surface area contributed by atoms with Gasteiger partial charge in [-0.25, -0.2) is 22.6 Å². The van der Waals surface area contributed by atoms with Crippen molar-refractivity contribution in [1.29, 1.82) is 5.26 Å². The Hall–Kier alpha value is -3.52. The van der Waals surface area contributed by atoms with Crippen molar-refractivity contribution in [3.05, 3.63) is 42.3 Å². The Bertz CT molecular complexity index is 1140. The monoisotopic (exact) mass is 431 g/mol. The molecule has 1 aliphatic heterocycles. The first-order chi connectivity index (χ1) is 14.2. The lowest BCUT2D eigenvalue weighted by Crippen LogP contribution is -2.33. The van der Waals surface area contributed by atoms with Crippen molar-refractivity contribution in [3.63, 3.8) is 0 Å². The summed E-state index contributed by atoms with van der Waals surface area (Å²) in [6.45, 7) is 2.08.